The van der Waals surface area contributed by atoms with E-state index in [1.165, 1.54) is 16.8 Å². The maximum absolute atomic E-state index is 13.1. The number of fused-ring (bicyclic) bond motifs is 2. The SMILES string of the molecule is O=c1[nH]n(-c2nn[nH]n2)c2nc3ccc(Cc4ccc(F)cc4)cc3cc12. The summed E-state index contributed by atoms with van der Waals surface area (Å²) >= 11 is 0. The van der Waals surface area contributed by atoms with Gasteiger partial charge in [-0.3, -0.25) is 9.89 Å². The van der Waals surface area contributed by atoms with Gasteiger partial charge in [-0.25, -0.2) is 9.37 Å². The van der Waals surface area contributed by atoms with Crippen molar-refractivity contribution in [2.24, 2.45) is 0 Å². The van der Waals surface area contributed by atoms with E-state index in [1.54, 1.807) is 18.2 Å². The first-order chi connectivity index (χ1) is 13.2. The van der Waals surface area contributed by atoms with Crippen molar-refractivity contribution in [1.29, 1.82) is 0 Å². The summed E-state index contributed by atoms with van der Waals surface area (Å²) in [5.41, 5.74) is 2.94. The van der Waals surface area contributed by atoms with E-state index in [0.717, 1.165) is 22.0 Å². The molecule has 0 unspecified atom stereocenters. The lowest BCUT2D eigenvalue weighted by Crippen LogP contribution is -2.05. The summed E-state index contributed by atoms with van der Waals surface area (Å²) in [6.07, 6.45) is 0.661. The zero-order valence-electron chi connectivity index (χ0n) is 13.8. The molecule has 2 aromatic carbocycles. The second kappa shape index (κ2) is 5.84. The Morgan fingerprint density at radius 3 is 2.63 bits per heavy atom. The molecule has 0 aliphatic rings. The van der Waals surface area contributed by atoms with Gasteiger partial charge in [0.05, 0.1) is 10.9 Å². The zero-order chi connectivity index (χ0) is 18.4. The van der Waals surface area contributed by atoms with Crippen molar-refractivity contribution in [3.8, 4) is 5.95 Å². The number of aromatic nitrogens is 7. The first kappa shape index (κ1) is 15.4. The molecule has 27 heavy (non-hydrogen) atoms. The van der Waals surface area contributed by atoms with Crippen molar-refractivity contribution < 1.29 is 4.39 Å². The average molecular weight is 361 g/mol. The van der Waals surface area contributed by atoms with E-state index < -0.39 is 0 Å². The minimum absolute atomic E-state index is 0.210. The molecule has 0 spiro atoms. The van der Waals surface area contributed by atoms with Crippen LogP contribution in [0.15, 0.2) is 53.3 Å². The highest BCUT2D eigenvalue weighted by molar-refractivity contribution is 5.91. The van der Waals surface area contributed by atoms with Gasteiger partial charge in [-0.05, 0) is 53.1 Å². The van der Waals surface area contributed by atoms with Gasteiger partial charge < -0.3 is 0 Å². The van der Waals surface area contributed by atoms with Gasteiger partial charge in [-0.2, -0.15) is 9.90 Å². The van der Waals surface area contributed by atoms with Crippen LogP contribution in [-0.4, -0.2) is 35.4 Å². The van der Waals surface area contributed by atoms with Gasteiger partial charge in [0, 0.05) is 5.39 Å². The second-order valence-corrected chi connectivity index (χ2v) is 6.18. The highest BCUT2D eigenvalue weighted by Gasteiger charge is 2.14. The Balaban J connectivity index is 1.61. The minimum atomic E-state index is -0.284. The molecular weight excluding hydrogens is 349 g/mol. The third-order valence-corrected chi connectivity index (χ3v) is 4.38. The van der Waals surface area contributed by atoms with E-state index in [2.05, 4.69) is 30.7 Å². The average Bonchev–Trinajstić information content (AvgIpc) is 3.31. The number of nitrogens with one attached hydrogen (secondary N) is 2. The summed E-state index contributed by atoms with van der Waals surface area (Å²) in [4.78, 5) is 16.9. The lowest BCUT2D eigenvalue weighted by Gasteiger charge is -2.05. The van der Waals surface area contributed by atoms with E-state index in [4.69, 9.17) is 0 Å². The zero-order valence-corrected chi connectivity index (χ0v) is 13.8. The van der Waals surface area contributed by atoms with Gasteiger partial charge in [-0.15, -0.1) is 5.10 Å². The van der Waals surface area contributed by atoms with Crippen LogP contribution in [-0.2, 0) is 6.42 Å². The Bertz CT molecular complexity index is 1320. The number of pyridine rings is 1. The number of halogens is 1. The molecule has 0 bridgehead atoms. The third-order valence-electron chi connectivity index (χ3n) is 4.38. The molecule has 0 aliphatic heterocycles. The summed E-state index contributed by atoms with van der Waals surface area (Å²) < 4.78 is 14.5. The Labute approximate surface area is 150 Å². The van der Waals surface area contributed by atoms with Gasteiger partial charge >= 0.3 is 0 Å². The smallest absolute Gasteiger partial charge is 0.267 e. The molecule has 5 aromatic rings. The van der Waals surface area contributed by atoms with Crippen LogP contribution >= 0.6 is 0 Å². The van der Waals surface area contributed by atoms with Crippen molar-refractivity contribution in [2.75, 3.05) is 0 Å². The topological polar surface area (TPSA) is 105 Å². The number of tetrazole rings is 1. The fourth-order valence-electron chi connectivity index (χ4n) is 3.11. The van der Waals surface area contributed by atoms with Crippen molar-refractivity contribution in [3.63, 3.8) is 0 Å². The van der Waals surface area contributed by atoms with Crippen molar-refractivity contribution >= 4 is 21.9 Å². The van der Waals surface area contributed by atoms with Gasteiger partial charge in [0.2, 0.25) is 0 Å². The lowest BCUT2D eigenvalue weighted by molar-refractivity contribution is 0.627. The molecule has 9 heteroatoms. The normalized spacial score (nSPS) is 11.4. The molecule has 3 heterocycles. The standard InChI is InChI=1S/C18H12FN7O/c19-13-4-1-10(2-5-13)7-11-3-6-15-12(8-11)9-14-16(20-15)26(23-17(14)27)18-21-24-25-22-18/h1-6,8-9H,7H2,(H,23,27)(H,21,22,24,25). The molecule has 2 N–H and O–H groups in total. The minimum Gasteiger partial charge on any atom is -0.267 e. The number of benzene rings is 2. The van der Waals surface area contributed by atoms with Crippen LogP contribution < -0.4 is 5.56 Å². The Kier molecular flexibility index (Phi) is 3.32. The summed E-state index contributed by atoms with van der Waals surface area (Å²) in [7, 11) is 0. The van der Waals surface area contributed by atoms with E-state index >= 15 is 0 Å². The van der Waals surface area contributed by atoms with E-state index in [0.29, 0.717) is 17.5 Å². The predicted molar refractivity (Wildman–Crippen MR) is 96.1 cm³/mol. The van der Waals surface area contributed by atoms with Crippen LogP contribution in [0.4, 0.5) is 4.39 Å². The van der Waals surface area contributed by atoms with Crippen LogP contribution in [0.5, 0.6) is 0 Å². The Morgan fingerprint density at radius 1 is 1.04 bits per heavy atom. The first-order valence-electron chi connectivity index (χ1n) is 8.20. The van der Waals surface area contributed by atoms with E-state index in [-0.39, 0.29) is 17.3 Å². The summed E-state index contributed by atoms with van der Waals surface area (Å²) in [6.45, 7) is 0. The first-order valence-corrected chi connectivity index (χ1v) is 8.20. The molecule has 132 valence electrons. The maximum Gasteiger partial charge on any atom is 0.290 e. The number of hydrogen-bond acceptors (Lipinski definition) is 5. The monoisotopic (exact) mass is 361 g/mol. The van der Waals surface area contributed by atoms with Gasteiger partial charge in [0.25, 0.3) is 11.5 Å². The van der Waals surface area contributed by atoms with Crippen molar-refractivity contribution in [3.05, 3.63) is 75.8 Å². The number of hydrogen-bond donors (Lipinski definition) is 2. The van der Waals surface area contributed by atoms with Crippen LogP contribution in [0.25, 0.3) is 27.9 Å². The van der Waals surface area contributed by atoms with Crippen LogP contribution in [0.1, 0.15) is 11.1 Å². The molecule has 0 aliphatic carbocycles. The van der Waals surface area contributed by atoms with Gasteiger partial charge in [0.1, 0.15) is 5.82 Å². The molecule has 0 atom stereocenters. The second-order valence-electron chi connectivity index (χ2n) is 6.18. The summed E-state index contributed by atoms with van der Waals surface area (Å²) in [6, 6.07) is 14.0. The number of aromatic amines is 2. The lowest BCUT2D eigenvalue weighted by atomic mass is 10.0. The molecule has 0 saturated heterocycles. The molecule has 0 amide bonds. The van der Waals surface area contributed by atoms with Crippen LogP contribution in [0.2, 0.25) is 0 Å². The molecule has 5 rings (SSSR count). The summed E-state index contributed by atoms with van der Waals surface area (Å²) in [5.74, 6) is -0.0453. The Hall–Kier alpha value is -3.88. The quantitative estimate of drug-likeness (QED) is 0.512. The molecular formula is C18H12FN7O. The predicted octanol–water partition coefficient (Wildman–Crippen LogP) is 2.11. The van der Waals surface area contributed by atoms with E-state index in [1.807, 2.05) is 18.2 Å². The number of nitrogens with zero attached hydrogens (tertiary/aromatic N) is 5. The van der Waals surface area contributed by atoms with Gasteiger partial charge in [0.15, 0.2) is 5.65 Å². The molecule has 3 aromatic heterocycles. The molecule has 0 radical (unpaired) electrons. The Morgan fingerprint density at radius 2 is 1.85 bits per heavy atom. The maximum atomic E-state index is 13.1. The molecule has 8 nitrogen and oxygen atoms in total. The van der Waals surface area contributed by atoms with Gasteiger partial charge in [-0.1, -0.05) is 23.3 Å². The highest BCUT2D eigenvalue weighted by atomic mass is 19.1. The number of rotatable bonds is 3. The highest BCUT2D eigenvalue weighted by Crippen LogP contribution is 2.21. The molecule has 0 saturated carbocycles. The fourth-order valence-corrected chi connectivity index (χ4v) is 3.11. The third kappa shape index (κ3) is 2.65. The summed E-state index contributed by atoms with van der Waals surface area (Å²) in [5, 5.41) is 17.6. The largest absolute Gasteiger partial charge is 0.290 e. The van der Waals surface area contributed by atoms with Crippen molar-refractivity contribution in [1.82, 2.24) is 35.4 Å². The fraction of sp³-hybridized carbons (Fsp3) is 0.0556. The van der Waals surface area contributed by atoms with Crippen LogP contribution in [0.3, 0.4) is 0 Å². The molecule has 0 fully saturated rings. The number of H-pyrrole nitrogens is 2. The van der Waals surface area contributed by atoms with Crippen molar-refractivity contribution in [2.45, 2.75) is 6.42 Å². The van der Waals surface area contributed by atoms with Crippen LogP contribution in [0, 0.1) is 5.82 Å². The van der Waals surface area contributed by atoms with E-state index in [9.17, 15) is 9.18 Å².